The van der Waals surface area contributed by atoms with Crippen molar-refractivity contribution in [2.75, 3.05) is 31.6 Å². The molecule has 0 amide bonds. The molecular weight excluding hydrogens is 264 g/mol. The fourth-order valence-electron chi connectivity index (χ4n) is 3.23. The molecule has 4 nitrogen and oxygen atoms in total. The molecule has 0 spiro atoms. The number of anilines is 1. The van der Waals surface area contributed by atoms with Crippen LogP contribution in [0.5, 0.6) is 5.75 Å². The maximum atomic E-state index is 9.82. The molecule has 1 aliphatic heterocycles. The first-order chi connectivity index (χ1) is 10.1. The predicted molar refractivity (Wildman–Crippen MR) is 87.1 cm³/mol. The van der Waals surface area contributed by atoms with Gasteiger partial charge < -0.3 is 20.1 Å². The van der Waals surface area contributed by atoms with Crippen LogP contribution in [0.25, 0.3) is 0 Å². The maximum Gasteiger partial charge on any atom is 0.125 e. The van der Waals surface area contributed by atoms with Gasteiger partial charge in [0.05, 0.1) is 13.2 Å². The molecule has 1 aliphatic rings. The van der Waals surface area contributed by atoms with E-state index in [0.29, 0.717) is 5.92 Å². The smallest absolute Gasteiger partial charge is 0.125 e. The van der Waals surface area contributed by atoms with Crippen LogP contribution >= 0.6 is 0 Å². The third kappa shape index (κ3) is 3.50. The van der Waals surface area contributed by atoms with Crippen molar-refractivity contribution in [3.05, 3.63) is 23.8 Å². The van der Waals surface area contributed by atoms with E-state index < -0.39 is 0 Å². The molecule has 0 saturated carbocycles. The topological polar surface area (TPSA) is 44.7 Å². The molecule has 1 aromatic carbocycles. The number of hydrogen-bond acceptors (Lipinski definition) is 4. The number of hydrogen-bond donors (Lipinski definition) is 2. The summed E-state index contributed by atoms with van der Waals surface area (Å²) in [6.07, 6.45) is 0.805. The Bertz CT molecular complexity index is 462. The second kappa shape index (κ2) is 7.14. The highest BCUT2D eigenvalue weighted by Gasteiger charge is 2.29. The van der Waals surface area contributed by atoms with Gasteiger partial charge in [0.25, 0.3) is 0 Å². The van der Waals surface area contributed by atoms with Crippen molar-refractivity contribution in [2.24, 2.45) is 5.92 Å². The Morgan fingerprint density at radius 3 is 2.76 bits per heavy atom. The van der Waals surface area contributed by atoms with E-state index >= 15 is 0 Å². The van der Waals surface area contributed by atoms with Gasteiger partial charge in [0.1, 0.15) is 5.75 Å². The number of methoxy groups -OCH3 is 1. The Kier molecular flexibility index (Phi) is 5.48. The lowest BCUT2D eigenvalue weighted by Gasteiger charge is -2.27. The van der Waals surface area contributed by atoms with Crippen LogP contribution in [0.3, 0.4) is 0 Å². The summed E-state index contributed by atoms with van der Waals surface area (Å²) in [5, 5.41) is 13.3. The third-order valence-electron chi connectivity index (χ3n) is 4.45. The van der Waals surface area contributed by atoms with Crippen molar-refractivity contribution in [1.29, 1.82) is 0 Å². The molecule has 4 heteroatoms. The van der Waals surface area contributed by atoms with Gasteiger partial charge in [-0.2, -0.15) is 0 Å². The second-order valence-electron chi connectivity index (χ2n) is 5.91. The predicted octanol–water partition coefficient (Wildman–Crippen LogP) is 2.57. The molecule has 3 unspecified atom stereocenters. The van der Waals surface area contributed by atoms with Crippen molar-refractivity contribution in [3.8, 4) is 5.75 Å². The third-order valence-corrected chi connectivity index (χ3v) is 4.45. The Hall–Kier alpha value is -1.26. The summed E-state index contributed by atoms with van der Waals surface area (Å²) in [6.45, 7) is 9.01. The minimum atomic E-state index is -0.241. The van der Waals surface area contributed by atoms with Crippen LogP contribution < -0.4 is 15.0 Å². The van der Waals surface area contributed by atoms with E-state index in [1.54, 1.807) is 7.11 Å². The Morgan fingerprint density at radius 2 is 2.19 bits per heavy atom. The molecule has 118 valence electrons. The van der Waals surface area contributed by atoms with Crippen LogP contribution in [-0.4, -0.2) is 38.0 Å². The number of rotatable bonds is 6. The van der Waals surface area contributed by atoms with Gasteiger partial charge in [0, 0.05) is 36.3 Å². The summed E-state index contributed by atoms with van der Waals surface area (Å²) in [4.78, 5) is 2.38. The quantitative estimate of drug-likeness (QED) is 0.846. The molecule has 1 aromatic rings. The summed E-state index contributed by atoms with van der Waals surface area (Å²) in [5.74, 6) is 1.29. The molecule has 3 atom stereocenters. The number of benzene rings is 1. The zero-order chi connectivity index (χ0) is 15.4. The molecule has 2 rings (SSSR count). The van der Waals surface area contributed by atoms with E-state index in [-0.39, 0.29) is 12.1 Å². The van der Waals surface area contributed by atoms with E-state index in [0.717, 1.165) is 31.8 Å². The van der Waals surface area contributed by atoms with Crippen molar-refractivity contribution in [3.63, 3.8) is 0 Å². The zero-order valence-electron chi connectivity index (χ0n) is 13.6. The Morgan fingerprint density at radius 1 is 1.43 bits per heavy atom. The van der Waals surface area contributed by atoms with Crippen LogP contribution in [0.2, 0.25) is 0 Å². The highest BCUT2D eigenvalue weighted by molar-refractivity contribution is 5.61. The van der Waals surface area contributed by atoms with Gasteiger partial charge >= 0.3 is 0 Å². The Labute approximate surface area is 128 Å². The standard InChI is InChI=1S/C17H28N2O2/c1-5-18-12(2)17-15(7-6-8-16(17)21-4)19-10-9-14(11-19)13(3)20/h6-8,12-14,18,20H,5,9-11H2,1-4H3. The lowest BCUT2D eigenvalue weighted by Crippen LogP contribution is -2.27. The van der Waals surface area contributed by atoms with E-state index in [2.05, 4.69) is 30.1 Å². The number of aliphatic hydroxyl groups excluding tert-OH is 1. The van der Waals surface area contributed by atoms with Crippen LogP contribution in [-0.2, 0) is 0 Å². The first-order valence-electron chi connectivity index (χ1n) is 7.91. The largest absolute Gasteiger partial charge is 0.496 e. The average molecular weight is 292 g/mol. The van der Waals surface area contributed by atoms with Gasteiger partial charge in [-0.3, -0.25) is 0 Å². The van der Waals surface area contributed by atoms with Gasteiger partial charge in [-0.05, 0) is 38.9 Å². The maximum absolute atomic E-state index is 9.82. The lowest BCUT2D eigenvalue weighted by molar-refractivity contribution is 0.136. The van der Waals surface area contributed by atoms with Crippen LogP contribution in [0.4, 0.5) is 5.69 Å². The average Bonchev–Trinajstić information content (AvgIpc) is 2.96. The molecule has 0 aliphatic carbocycles. The van der Waals surface area contributed by atoms with E-state index in [9.17, 15) is 5.11 Å². The van der Waals surface area contributed by atoms with Crippen LogP contribution in [0, 0.1) is 5.92 Å². The molecule has 0 bridgehead atoms. The van der Waals surface area contributed by atoms with Crippen molar-refractivity contribution >= 4 is 5.69 Å². The molecule has 1 saturated heterocycles. The number of aliphatic hydroxyl groups is 1. The number of nitrogens with one attached hydrogen (secondary N) is 1. The van der Waals surface area contributed by atoms with Gasteiger partial charge in [-0.15, -0.1) is 0 Å². The summed E-state index contributed by atoms with van der Waals surface area (Å²) in [7, 11) is 1.73. The molecule has 2 N–H and O–H groups in total. The van der Waals surface area contributed by atoms with Gasteiger partial charge in [-0.25, -0.2) is 0 Å². The second-order valence-corrected chi connectivity index (χ2v) is 5.91. The van der Waals surface area contributed by atoms with E-state index in [1.807, 2.05) is 19.1 Å². The summed E-state index contributed by atoms with van der Waals surface area (Å²) >= 11 is 0. The molecule has 1 fully saturated rings. The molecule has 0 radical (unpaired) electrons. The molecular formula is C17H28N2O2. The highest BCUT2D eigenvalue weighted by atomic mass is 16.5. The molecule has 21 heavy (non-hydrogen) atoms. The molecule has 0 aromatic heterocycles. The first-order valence-corrected chi connectivity index (χ1v) is 7.91. The van der Waals surface area contributed by atoms with Crippen molar-refractivity contribution < 1.29 is 9.84 Å². The summed E-state index contributed by atoms with van der Waals surface area (Å²) in [6, 6.07) is 6.48. The number of ether oxygens (including phenoxy) is 1. The van der Waals surface area contributed by atoms with Crippen molar-refractivity contribution in [1.82, 2.24) is 5.32 Å². The minimum Gasteiger partial charge on any atom is -0.496 e. The van der Waals surface area contributed by atoms with Gasteiger partial charge in [-0.1, -0.05) is 13.0 Å². The number of nitrogens with zero attached hydrogens (tertiary/aromatic N) is 1. The van der Waals surface area contributed by atoms with Crippen LogP contribution in [0.1, 0.15) is 38.8 Å². The fourth-order valence-corrected chi connectivity index (χ4v) is 3.23. The fraction of sp³-hybridized carbons (Fsp3) is 0.647. The zero-order valence-corrected chi connectivity index (χ0v) is 13.6. The first kappa shape index (κ1) is 16.1. The Balaban J connectivity index is 2.30. The van der Waals surface area contributed by atoms with Gasteiger partial charge in [0.15, 0.2) is 0 Å². The highest BCUT2D eigenvalue weighted by Crippen LogP contribution is 2.37. The SMILES string of the molecule is CCNC(C)c1c(OC)cccc1N1CCC(C(C)O)C1. The minimum absolute atomic E-state index is 0.241. The summed E-state index contributed by atoms with van der Waals surface area (Å²) in [5.41, 5.74) is 2.44. The van der Waals surface area contributed by atoms with E-state index in [1.165, 1.54) is 11.3 Å². The van der Waals surface area contributed by atoms with E-state index in [4.69, 9.17) is 4.74 Å². The van der Waals surface area contributed by atoms with Gasteiger partial charge in [0.2, 0.25) is 0 Å². The van der Waals surface area contributed by atoms with Crippen molar-refractivity contribution in [2.45, 2.75) is 39.3 Å². The summed E-state index contributed by atoms with van der Waals surface area (Å²) < 4.78 is 5.57. The van der Waals surface area contributed by atoms with Crippen LogP contribution in [0.15, 0.2) is 18.2 Å². The molecule has 1 heterocycles. The monoisotopic (exact) mass is 292 g/mol. The lowest BCUT2D eigenvalue weighted by atomic mass is 10.0. The normalized spacial score (nSPS) is 21.4.